The van der Waals surface area contributed by atoms with Crippen molar-refractivity contribution in [1.29, 1.82) is 0 Å². The fourth-order valence-corrected chi connectivity index (χ4v) is 4.36. The van der Waals surface area contributed by atoms with Crippen LogP contribution in [0.5, 0.6) is 0 Å². The minimum atomic E-state index is -0.903. The van der Waals surface area contributed by atoms with Crippen molar-refractivity contribution in [2.75, 3.05) is 0 Å². The third-order valence-electron chi connectivity index (χ3n) is 4.01. The number of carboxylic acid groups (broad SMARTS) is 1. The molecule has 0 saturated carbocycles. The second-order valence-electron chi connectivity index (χ2n) is 5.78. The van der Waals surface area contributed by atoms with Gasteiger partial charge in [0.05, 0.1) is 5.51 Å². The zero-order valence-corrected chi connectivity index (χ0v) is 15.1. The summed E-state index contributed by atoms with van der Waals surface area (Å²) in [5.74, 6) is -0.685. The fraction of sp³-hybridized carbons (Fsp3) is 0.211. The van der Waals surface area contributed by atoms with Gasteiger partial charge in [0.2, 0.25) is 0 Å². The van der Waals surface area contributed by atoms with Crippen molar-refractivity contribution in [2.45, 2.75) is 19.3 Å². The van der Waals surface area contributed by atoms with Crippen molar-refractivity contribution in [3.63, 3.8) is 0 Å². The number of ketones is 1. The highest BCUT2D eigenvalue weighted by atomic mass is 32.1. The number of thiophene rings is 1. The van der Waals surface area contributed by atoms with Gasteiger partial charge in [-0.3, -0.25) is 4.79 Å². The van der Waals surface area contributed by atoms with Crippen LogP contribution in [0.3, 0.4) is 0 Å². The van der Waals surface area contributed by atoms with Crippen LogP contribution in [0.4, 0.5) is 0 Å². The van der Waals surface area contributed by atoms with Gasteiger partial charge in [0.15, 0.2) is 5.78 Å². The van der Waals surface area contributed by atoms with Crippen LogP contribution in [0.1, 0.15) is 43.4 Å². The van der Waals surface area contributed by atoms with Crippen LogP contribution >= 0.6 is 22.7 Å². The molecule has 2 heterocycles. The molecule has 2 aromatic rings. The Morgan fingerprint density at radius 1 is 1.44 bits per heavy atom. The van der Waals surface area contributed by atoms with Gasteiger partial charge in [-0.05, 0) is 36.0 Å². The maximum absolute atomic E-state index is 12.1. The standard InChI is InChI=1S/C19H17NO3S2/c1-2-3-14-9-17(25-18(14)19(22)23)13-6-4-12(5-7-13)8-16(21)15-10-24-11-20-15/h2,4,6-7,9-12H,1,3,5,8H2,(H,22,23). The predicted octanol–water partition coefficient (Wildman–Crippen LogP) is 4.86. The lowest BCUT2D eigenvalue weighted by atomic mass is 9.91. The Kier molecular flexibility index (Phi) is 5.40. The van der Waals surface area contributed by atoms with Gasteiger partial charge in [0.1, 0.15) is 10.6 Å². The molecule has 0 bridgehead atoms. The van der Waals surface area contributed by atoms with E-state index in [1.165, 1.54) is 22.7 Å². The fourth-order valence-electron chi connectivity index (χ4n) is 2.75. The van der Waals surface area contributed by atoms with Gasteiger partial charge >= 0.3 is 5.97 Å². The molecule has 1 unspecified atom stereocenters. The average Bonchev–Trinajstić information content (AvgIpc) is 3.25. The normalized spacial score (nSPS) is 16.5. The van der Waals surface area contributed by atoms with E-state index in [0.717, 1.165) is 22.4 Å². The molecule has 6 heteroatoms. The molecule has 0 spiro atoms. The van der Waals surface area contributed by atoms with E-state index in [9.17, 15) is 14.7 Å². The first-order valence-electron chi connectivity index (χ1n) is 7.85. The summed E-state index contributed by atoms with van der Waals surface area (Å²) >= 11 is 2.71. The van der Waals surface area contributed by atoms with Crippen molar-refractivity contribution in [2.24, 2.45) is 5.92 Å². The first kappa shape index (κ1) is 17.5. The number of Topliss-reactive ketones (excluding diaryl/α,β-unsaturated/α-hetero) is 1. The Morgan fingerprint density at radius 2 is 2.28 bits per heavy atom. The molecule has 0 saturated heterocycles. The number of carbonyl (C=O) groups excluding carboxylic acids is 1. The van der Waals surface area contributed by atoms with Crippen molar-refractivity contribution < 1.29 is 14.7 Å². The molecule has 0 radical (unpaired) electrons. The van der Waals surface area contributed by atoms with Gasteiger partial charge in [0, 0.05) is 16.7 Å². The SMILES string of the molecule is C=CCc1cc(C2=CCC(CC(=O)c3cscn3)C=C2)sc1C(=O)O. The monoisotopic (exact) mass is 371 g/mol. The van der Waals surface area contributed by atoms with Crippen molar-refractivity contribution in [1.82, 2.24) is 4.98 Å². The maximum atomic E-state index is 12.1. The summed E-state index contributed by atoms with van der Waals surface area (Å²) < 4.78 is 0. The molecule has 0 fully saturated rings. The number of aromatic nitrogens is 1. The van der Waals surface area contributed by atoms with E-state index in [-0.39, 0.29) is 11.7 Å². The van der Waals surface area contributed by atoms with E-state index in [1.54, 1.807) is 17.0 Å². The molecule has 1 atom stereocenters. The van der Waals surface area contributed by atoms with Gasteiger partial charge in [-0.2, -0.15) is 0 Å². The number of nitrogens with zero attached hydrogens (tertiary/aromatic N) is 1. The lowest BCUT2D eigenvalue weighted by Crippen LogP contribution is -2.08. The second kappa shape index (κ2) is 7.72. The highest BCUT2D eigenvalue weighted by Gasteiger charge is 2.19. The summed E-state index contributed by atoms with van der Waals surface area (Å²) in [6.07, 6.45) is 9.55. The smallest absolute Gasteiger partial charge is 0.346 e. The Bertz CT molecular complexity index is 859. The van der Waals surface area contributed by atoms with Crippen LogP contribution in [0.15, 0.2) is 47.8 Å². The summed E-state index contributed by atoms with van der Waals surface area (Å²) in [5, 5.41) is 11.1. The topological polar surface area (TPSA) is 67.3 Å². The lowest BCUT2D eigenvalue weighted by Gasteiger charge is -2.14. The number of hydrogen-bond donors (Lipinski definition) is 1. The first-order chi connectivity index (χ1) is 12.1. The summed E-state index contributed by atoms with van der Waals surface area (Å²) in [4.78, 5) is 28.9. The average molecular weight is 371 g/mol. The third-order valence-corrected chi connectivity index (χ3v) is 5.81. The largest absolute Gasteiger partial charge is 0.477 e. The highest BCUT2D eigenvalue weighted by Crippen LogP contribution is 2.33. The number of carboxylic acids is 1. The molecule has 2 aromatic heterocycles. The van der Waals surface area contributed by atoms with Crippen LogP contribution < -0.4 is 0 Å². The van der Waals surface area contributed by atoms with Crippen LogP contribution in [-0.4, -0.2) is 21.8 Å². The van der Waals surface area contributed by atoms with Crippen LogP contribution in [0.2, 0.25) is 0 Å². The van der Waals surface area contributed by atoms with Crippen LogP contribution in [0, 0.1) is 5.92 Å². The van der Waals surface area contributed by atoms with Gasteiger partial charge in [0.25, 0.3) is 0 Å². The van der Waals surface area contributed by atoms with Gasteiger partial charge < -0.3 is 5.11 Å². The number of rotatable bonds is 7. The minimum Gasteiger partial charge on any atom is -0.477 e. The molecule has 0 amide bonds. The van der Waals surface area contributed by atoms with E-state index in [1.807, 2.05) is 18.2 Å². The number of allylic oxidation sites excluding steroid dienone is 5. The Morgan fingerprint density at radius 3 is 2.88 bits per heavy atom. The zero-order chi connectivity index (χ0) is 17.8. The molecule has 3 rings (SSSR count). The van der Waals surface area contributed by atoms with Crippen molar-refractivity contribution >= 4 is 40.0 Å². The molecular weight excluding hydrogens is 354 g/mol. The quantitative estimate of drug-likeness (QED) is 0.557. The van der Waals surface area contributed by atoms with Gasteiger partial charge in [-0.1, -0.05) is 24.3 Å². The number of thiazole rings is 1. The van der Waals surface area contributed by atoms with Gasteiger partial charge in [-0.15, -0.1) is 29.3 Å². The van der Waals surface area contributed by atoms with E-state index in [2.05, 4.69) is 17.6 Å². The summed E-state index contributed by atoms with van der Waals surface area (Å²) in [6, 6.07) is 1.92. The molecule has 4 nitrogen and oxygen atoms in total. The number of carbonyl (C=O) groups is 2. The predicted molar refractivity (Wildman–Crippen MR) is 101 cm³/mol. The highest BCUT2D eigenvalue weighted by molar-refractivity contribution is 7.15. The maximum Gasteiger partial charge on any atom is 0.346 e. The number of aromatic carboxylic acids is 1. The van der Waals surface area contributed by atoms with E-state index < -0.39 is 5.97 Å². The molecule has 1 aliphatic rings. The summed E-state index contributed by atoms with van der Waals surface area (Å²) in [5.41, 5.74) is 4.00. The Labute approximate surface area is 153 Å². The van der Waals surface area contributed by atoms with Gasteiger partial charge in [-0.25, -0.2) is 9.78 Å². The molecule has 25 heavy (non-hydrogen) atoms. The summed E-state index contributed by atoms with van der Waals surface area (Å²) in [7, 11) is 0. The van der Waals surface area contributed by atoms with Crippen molar-refractivity contribution in [3.8, 4) is 0 Å². The minimum absolute atomic E-state index is 0.0605. The van der Waals surface area contributed by atoms with Crippen molar-refractivity contribution in [3.05, 3.63) is 68.9 Å². The zero-order valence-electron chi connectivity index (χ0n) is 13.5. The van der Waals surface area contributed by atoms with Crippen LogP contribution in [0.25, 0.3) is 5.57 Å². The Balaban J connectivity index is 1.70. The van der Waals surface area contributed by atoms with E-state index in [4.69, 9.17) is 0 Å². The van der Waals surface area contributed by atoms with Crippen LogP contribution in [-0.2, 0) is 6.42 Å². The first-order valence-corrected chi connectivity index (χ1v) is 9.61. The summed E-state index contributed by atoms with van der Waals surface area (Å²) in [6.45, 7) is 3.68. The molecule has 128 valence electrons. The molecule has 1 N–H and O–H groups in total. The molecule has 1 aliphatic carbocycles. The molecule has 0 aromatic carbocycles. The second-order valence-corrected chi connectivity index (χ2v) is 7.55. The Hall–Kier alpha value is -2.31. The molecule has 0 aliphatic heterocycles. The lowest BCUT2D eigenvalue weighted by molar-refractivity contribution is 0.0701. The van der Waals surface area contributed by atoms with E-state index >= 15 is 0 Å². The van der Waals surface area contributed by atoms with E-state index in [0.29, 0.717) is 23.4 Å². The number of hydrogen-bond acceptors (Lipinski definition) is 5. The third kappa shape index (κ3) is 4.03. The molecular formula is C19H17NO3S2.